The van der Waals surface area contributed by atoms with E-state index in [2.05, 4.69) is 0 Å². The fourth-order valence-electron chi connectivity index (χ4n) is 0.0913. The molecule has 1 nitrogen and oxygen atoms in total. The molecule has 0 aromatic carbocycles. The predicted octanol–water partition coefficient (Wildman–Crippen LogP) is -0.662. The zero-order chi connectivity index (χ0) is 4.99. The average Bonchev–Trinajstić information content (AvgIpc) is 1.65. The molecule has 1 N–H and O–H groups in total. The van der Waals surface area contributed by atoms with Gasteiger partial charge in [-0.25, -0.2) is 0 Å². The molecule has 0 saturated heterocycles. The first-order valence-corrected chi connectivity index (χ1v) is 3.38. The van der Waals surface area contributed by atoms with Crippen molar-refractivity contribution in [3.05, 3.63) is 11.3 Å². The summed E-state index contributed by atoms with van der Waals surface area (Å²) in [6, 6.07) is 0. The summed E-state index contributed by atoms with van der Waals surface area (Å²) in [7, 11) is -0.801. The van der Waals surface area contributed by atoms with Crippen LogP contribution in [0.1, 0.15) is 13.8 Å². The van der Waals surface area contributed by atoms with Crippen molar-refractivity contribution in [2.45, 2.75) is 13.8 Å². The molecule has 0 spiro atoms. The van der Waals surface area contributed by atoms with Crippen LogP contribution in [0, 0.1) is 0 Å². The van der Waals surface area contributed by atoms with Gasteiger partial charge in [0.15, 0.2) is 9.76 Å². The van der Waals surface area contributed by atoms with Crippen molar-refractivity contribution < 1.29 is 4.80 Å². The molecule has 0 aliphatic carbocycles. The van der Waals surface area contributed by atoms with Gasteiger partial charge < -0.3 is 4.80 Å². The van der Waals surface area contributed by atoms with Crippen LogP contribution in [0.25, 0.3) is 0 Å². The van der Waals surface area contributed by atoms with E-state index in [1.54, 1.807) is 0 Å². The van der Waals surface area contributed by atoms with Crippen LogP contribution in [0.2, 0.25) is 0 Å². The molecule has 0 aromatic heterocycles. The van der Waals surface area contributed by atoms with E-state index in [9.17, 15) is 0 Å². The van der Waals surface area contributed by atoms with E-state index in [4.69, 9.17) is 4.80 Å². The summed E-state index contributed by atoms with van der Waals surface area (Å²) in [5, 5.41) is 1.16. The molecule has 7 heavy (non-hydrogen) atoms. The maximum absolute atomic E-state index is 8.41. The van der Waals surface area contributed by atoms with Gasteiger partial charge in [-0.15, -0.1) is 0 Å². The van der Waals surface area contributed by atoms with Gasteiger partial charge in [-0.2, -0.15) is 0 Å². The number of allylic oxidation sites excluding steroid dienone is 2. The molecule has 0 heterocycles. The van der Waals surface area contributed by atoms with Gasteiger partial charge in [-0.05, 0) is 13.8 Å². The predicted molar refractivity (Wildman–Crippen MR) is 37.3 cm³/mol. The first-order chi connectivity index (χ1) is 2.81. The van der Waals surface area contributed by atoms with Crippen molar-refractivity contribution in [2.75, 3.05) is 0 Å². The van der Waals surface area contributed by atoms with Crippen LogP contribution in [0.5, 0.6) is 0 Å². The SMILES string of the molecule is CC=C(C)[SiH2]O.[LiH]. The molecule has 0 aromatic rings. The summed E-state index contributed by atoms with van der Waals surface area (Å²) in [6.07, 6.45) is 1.95. The van der Waals surface area contributed by atoms with E-state index in [1.807, 2.05) is 19.9 Å². The molecule has 0 fully saturated rings. The van der Waals surface area contributed by atoms with Crippen molar-refractivity contribution >= 4 is 28.6 Å². The summed E-state index contributed by atoms with van der Waals surface area (Å²) in [6.45, 7) is 3.89. The van der Waals surface area contributed by atoms with E-state index in [1.165, 1.54) is 0 Å². The second-order valence-electron chi connectivity index (χ2n) is 1.29. The zero-order valence-corrected chi connectivity index (χ0v) is 5.65. The molecule has 0 amide bonds. The Balaban J connectivity index is 0. The van der Waals surface area contributed by atoms with Crippen LogP contribution in [0.15, 0.2) is 11.3 Å². The summed E-state index contributed by atoms with van der Waals surface area (Å²) in [4.78, 5) is 8.41. The Morgan fingerprint density at radius 1 is 1.71 bits per heavy atom. The Morgan fingerprint density at radius 2 is 2.14 bits per heavy atom. The van der Waals surface area contributed by atoms with Gasteiger partial charge in [-0.3, -0.25) is 0 Å². The first kappa shape index (κ1) is 10.5. The third-order valence-corrected chi connectivity index (χ3v) is 1.65. The van der Waals surface area contributed by atoms with Crippen molar-refractivity contribution in [1.29, 1.82) is 0 Å². The van der Waals surface area contributed by atoms with Crippen LogP contribution in [-0.2, 0) is 0 Å². The molecule has 0 unspecified atom stereocenters. The first-order valence-electron chi connectivity index (χ1n) is 2.04. The summed E-state index contributed by atoms with van der Waals surface area (Å²) >= 11 is 0. The summed E-state index contributed by atoms with van der Waals surface area (Å²) in [5.74, 6) is 0. The molecule has 0 aliphatic heterocycles. The maximum atomic E-state index is 8.41. The van der Waals surface area contributed by atoms with Crippen molar-refractivity contribution in [1.82, 2.24) is 0 Å². The quantitative estimate of drug-likeness (QED) is 0.444. The van der Waals surface area contributed by atoms with Gasteiger partial charge in [0.05, 0.1) is 0 Å². The van der Waals surface area contributed by atoms with Crippen LogP contribution >= 0.6 is 0 Å². The van der Waals surface area contributed by atoms with E-state index in [0.29, 0.717) is 0 Å². The molecule has 0 aliphatic rings. The van der Waals surface area contributed by atoms with Crippen molar-refractivity contribution in [2.24, 2.45) is 0 Å². The molecular weight excluding hydrogens is 99.1 g/mol. The Morgan fingerprint density at radius 3 is 2.14 bits per heavy atom. The second-order valence-corrected chi connectivity index (χ2v) is 2.72. The molecule has 0 rings (SSSR count). The molecule has 0 atom stereocenters. The Bertz CT molecular complexity index is 62.7. The second kappa shape index (κ2) is 6.51. The fourth-order valence-corrected chi connectivity index (χ4v) is 0.274. The topological polar surface area (TPSA) is 20.2 Å². The number of rotatable bonds is 1. The van der Waals surface area contributed by atoms with E-state index in [0.717, 1.165) is 5.20 Å². The zero-order valence-electron chi connectivity index (χ0n) is 4.23. The minimum atomic E-state index is -0.801. The fraction of sp³-hybridized carbons (Fsp3) is 0.500. The van der Waals surface area contributed by atoms with Crippen molar-refractivity contribution in [3.8, 4) is 0 Å². The molecule has 3 heteroatoms. The standard InChI is InChI=1S/C4H10OSi.Li.H/c1-3-4(2)6-5;;/h3,5H,6H2,1-2H3;;. The van der Waals surface area contributed by atoms with E-state index >= 15 is 0 Å². The number of hydrogen-bond acceptors (Lipinski definition) is 1. The van der Waals surface area contributed by atoms with Crippen LogP contribution in [0.3, 0.4) is 0 Å². The van der Waals surface area contributed by atoms with E-state index in [-0.39, 0.29) is 18.9 Å². The van der Waals surface area contributed by atoms with Gasteiger partial charge >= 0.3 is 18.9 Å². The number of hydrogen-bond donors (Lipinski definition) is 1. The van der Waals surface area contributed by atoms with Gasteiger partial charge in [0.25, 0.3) is 0 Å². The van der Waals surface area contributed by atoms with Gasteiger partial charge in [0.2, 0.25) is 0 Å². The molecule has 38 valence electrons. The third-order valence-electron chi connectivity index (χ3n) is 0.742. The van der Waals surface area contributed by atoms with Crippen LogP contribution < -0.4 is 0 Å². The molecular formula is C4H11LiOSi. The van der Waals surface area contributed by atoms with Gasteiger partial charge in [-0.1, -0.05) is 11.3 Å². The Labute approximate surface area is 58.9 Å². The monoisotopic (exact) mass is 110 g/mol. The molecule has 0 saturated carbocycles. The van der Waals surface area contributed by atoms with E-state index < -0.39 is 9.76 Å². The normalized spacial score (nSPS) is 12.1. The summed E-state index contributed by atoms with van der Waals surface area (Å²) in [5.41, 5.74) is 0. The van der Waals surface area contributed by atoms with Gasteiger partial charge in [0, 0.05) is 0 Å². The third kappa shape index (κ3) is 6.51. The van der Waals surface area contributed by atoms with Crippen LogP contribution in [0.4, 0.5) is 0 Å². The molecule has 0 radical (unpaired) electrons. The van der Waals surface area contributed by atoms with Crippen LogP contribution in [-0.4, -0.2) is 33.4 Å². The average molecular weight is 110 g/mol. The Hall–Kier alpha value is 0.514. The minimum absolute atomic E-state index is 0. The summed E-state index contributed by atoms with van der Waals surface area (Å²) < 4.78 is 0. The van der Waals surface area contributed by atoms with Gasteiger partial charge in [0.1, 0.15) is 0 Å². The Kier molecular flexibility index (Phi) is 9.76. The van der Waals surface area contributed by atoms with Crippen molar-refractivity contribution in [3.63, 3.8) is 0 Å². The molecule has 0 bridgehead atoms.